The molecule has 0 saturated heterocycles. The van der Waals surface area contributed by atoms with Crippen molar-refractivity contribution in [2.45, 2.75) is 27.3 Å². The maximum absolute atomic E-state index is 4.78. The van der Waals surface area contributed by atoms with Crippen LogP contribution in [0.25, 0.3) is 15.3 Å². The molecule has 0 radical (unpaired) electrons. The van der Waals surface area contributed by atoms with Gasteiger partial charge >= 0.3 is 0 Å². The Morgan fingerprint density at radius 3 is 2.76 bits per heavy atom. The van der Waals surface area contributed by atoms with E-state index in [9.17, 15) is 0 Å². The molecular weight excluding hydrogens is 278 g/mol. The molecule has 0 spiro atoms. The third kappa shape index (κ3) is 2.87. The minimum atomic E-state index is 0.967. The minimum Gasteiger partial charge on any atom is -0.298 e. The van der Waals surface area contributed by atoms with Crippen LogP contribution in [0, 0.1) is 6.92 Å². The summed E-state index contributed by atoms with van der Waals surface area (Å²) in [5.41, 5.74) is 3.67. The first-order valence-electron chi connectivity index (χ1n) is 7.47. The highest BCUT2D eigenvalue weighted by molar-refractivity contribution is 7.20. The highest BCUT2D eigenvalue weighted by Gasteiger charge is 2.11. The van der Waals surface area contributed by atoms with Crippen LogP contribution in [0.2, 0.25) is 0 Å². The number of rotatable bonds is 5. The van der Waals surface area contributed by atoms with Gasteiger partial charge in [-0.15, -0.1) is 0 Å². The second-order valence-corrected chi connectivity index (χ2v) is 6.31. The topological polar surface area (TPSA) is 21.1 Å². The Kier molecular flexibility index (Phi) is 4.08. The van der Waals surface area contributed by atoms with Crippen LogP contribution in [0.3, 0.4) is 0 Å². The molecular formula is C17H21N3S. The molecule has 0 saturated carbocycles. The number of nitrogens with zero attached hydrogens (tertiary/aromatic N) is 3. The normalized spacial score (nSPS) is 11.6. The lowest BCUT2D eigenvalue weighted by Gasteiger charge is -2.18. The van der Waals surface area contributed by atoms with E-state index in [1.165, 1.54) is 16.0 Å². The molecule has 3 nitrogen and oxygen atoms in total. The summed E-state index contributed by atoms with van der Waals surface area (Å²) in [7, 11) is 0. The number of aryl methyl sites for hydroxylation is 1. The molecule has 0 aliphatic carbocycles. The van der Waals surface area contributed by atoms with E-state index in [0.29, 0.717) is 0 Å². The molecule has 3 rings (SSSR count). The fourth-order valence-electron chi connectivity index (χ4n) is 2.53. The Bertz CT molecular complexity index is 737. The molecule has 110 valence electrons. The summed E-state index contributed by atoms with van der Waals surface area (Å²) < 4.78 is 3.48. The van der Waals surface area contributed by atoms with E-state index in [4.69, 9.17) is 4.98 Å². The van der Waals surface area contributed by atoms with E-state index in [2.05, 4.69) is 66.8 Å². The van der Waals surface area contributed by atoms with Crippen LogP contribution in [0.5, 0.6) is 0 Å². The van der Waals surface area contributed by atoms with Gasteiger partial charge in [-0.05, 0) is 49.8 Å². The fourth-order valence-corrected chi connectivity index (χ4v) is 3.61. The molecule has 0 amide bonds. The Labute approximate surface area is 129 Å². The van der Waals surface area contributed by atoms with Crippen LogP contribution in [0.4, 0.5) is 0 Å². The molecule has 2 aromatic heterocycles. The summed E-state index contributed by atoms with van der Waals surface area (Å²) in [6.07, 6.45) is 2.11. The standard InChI is InChI=1S/C17H21N3S/c1-4-19(5-2)12-14-7-6-10-20(14)17-18-15-9-8-13(3)11-16(15)21-17/h6-11H,4-5,12H2,1-3H3. The quantitative estimate of drug-likeness (QED) is 0.702. The van der Waals surface area contributed by atoms with Gasteiger partial charge < -0.3 is 0 Å². The zero-order valence-corrected chi connectivity index (χ0v) is 13.7. The average Bonchev–Trinajstić information content (AvgIpc) is 3.09. The Morgan fingerprint density at radius 2 is 2.00 bits per heavy atom. The first kappa shape index (κ1) is 14.3. The van der Waals surface area contributed by atoms with Gasteiger partial charge in [0.2, 0.25) is 0 Å². The zero-order valence-electron chi connectivity index (χ0n) is 12.8. The maximum Gasteiger partial charge on any atom is 0.194 e. The molecule has 0 fully saturated rings. The predicted octanol–water partition coefficient (Wildman–Crippen LogP) is 4.24. The molecule has 1 aromatic carbocycles. The first-order chi connectivity index (χ1) is 10.2. The van der Waals surface area contributed by atoms with Crippen molar-refractivity contribution < 1.29 is 0 Å². The second-order valence-electron chi connectivity index (χ2n) is 5.30. The Hall–Kier alpha value is -1.65. The van der Waals surface area contributed by atoms with Crippen molar-refractivity contribution in [3.63, 3.8) is 0 Å². The van der Waals surface area contributed by atoms with Crippen LogP contribution >= 0.6 is 11.3 Å². The fraction of sp³-hybridized carbons (Fsp3) is 0.353. The highest BCUT2D eigenvalue weighted by Crippen LogP contribution is 2.27. The minimum absolute atomic E-state index is 0.967. The zero-order chi connectivity index (χ0) is 14.8. The summed E-state index contributed by atoms with van der Waals surface area (Å²) in [4.78, 5) is 7.20. The van der Waals surface area contributed by atoms with Crippen LogP contribution in [-0.2, 0) is 6.54 Å². The van der Waals surface area contributed by atoms with Crippen molar-refractivity contribution in [1.29, 1.82) is 0 Å². The van der Waals surface area contributed by atoms with E-state index in [-0.39, 0.29) is 0 Å². The van der Waals surface area contributed by atoms with Crippen LogP contribution in [0.15, 0.2) is 36.5 Å². The smallest absolute Gasteiger partial charge is 0.194 e. The van der Waals surface area contributed by atoms with Gasteiger partial charge in [0.15, 0.2) is 5.13 Å². The number of thiazole rings is 1. The Morgan fingerprint density at radius 1 is 1.19 bits per heavy atom. The van der Waals surface area contributed by atoms with Gasteiger partial charge in [-0.25, -0.2) is 4.98 Å². The SMILES string of the molecule is CCN(CC)Cc1cccn1-c1nc2ccc(C)cc2s1. The summed E-state index contributed by atoms with van der Waals surface area (Å²) >= 11 is 1.76. The molecule has 4 heteroatoms. The van der Waals surface area contributed by atoms with Crippen LogP contribution in [0.1, 0.15) is 25.1 Å². The second kappa shape index (κ2) is 6.00. The molecule has 21 heavy (non-hydrogen) atoms. The third-order valence-electron chi connectivity index (χ3n) is 3.85. The summed E-state index contributed by atoms with van der Waals surface area (Å²) in [5, 5.41) is 1.06. The molecule has 0 unspecified atom stereocenters. The number of hydrogen-bond acceptors (Lipinski definition) is 3. The van der Waals surface area contributed by atoms with Gasteiger partial charge in [-0.3, -0.25) is 9.47 Å². The molecule has 3 aromatic rings. The number of fused-ring (bicyclic) bond motifs is 1. The van der Waals surface area contributed by atoms with Gasteiger partial charge in [0.25, 0.3) is 0 Å². The van der Waals surface area contributed by atoms with Crippen LogP contribution in [-0.4, -0.2) is 27.5 Å². The van der Waals surface area contributed by atoms with Gasteiger partial charge in [0.1, 0.15) is 0 Å². The van der Waals surface area contributed by atoms with E-state index < -0.39 is 0 Å². The van der Waals surface area contributed by atoms with Crippen molar-refractivity contribution in [1.82, 2.24) is 14.5 Å². The first-order valence-corrected chi connectivity index (χ1v) is 8.29. The number of benzene rings is 1. The number of hydrogen-bond donors (Lipinski definition) is 0. The average molecular weight is 299 g/mol. The summed E-state index contributed by atoms with van der Waals surface area (Å²) in [6.45, 7) is 9.64. The van der Waals surface area contributed by atoms with E-state index in [0.717, 1.165) is 30.3 Å². The lowest BCUT2D eigenvalue weighted by atomic mass is 10.2. The van der Waals surface area contributed by atoms with Crippen molar-refractivity contribution in [3.8, 4) is 5.13 Å². The lowest BCUT2D eigenvalue weighted by molar-refractivity contribution is 0.290. The third-order valence-corrected chi connectivity index (χ3v) is 4.87. The molecule has 0 aliphatic rings. The van der Waals surface area contributed by atoms with Gasteiger partial charge in [-0.1, -0.05) is 31.3 Å². The van der Waals surface area contributed by atoms with Crippen molar-refractivity contribution in [2.75, 3.05) is 13.1 Å². The molecule has 0 atom stereocenters. The lowest BCUT2D eigenvalue weighted by Crippen LogP contribution is -2.23. The van der Waals surface area contributed by atoms with Crippen molar-refractivity contribution in [2.24, 2.45) is 0 Å². The Balaban J connectivity index is 1.97. The van der Waals surface area contributed by atoms with Gasteiger partial charge in [-0.2, -0.15) is 0 Å². The van der Waals surface area contributed by atoms with E-state index >= 15 is 0 Å². The summed E-state index contributed by atoms with van der Waals surface area (Å²) in [5.74, 6) is 0. The van der Waals surface area contributed by atoms with Crippen molar-refractivity contribution >= 4 is 21.6 Å². The number of aromatic nitrogens is 2. The maximum atomic E-state index is 4.78. The van der Waals surface area contributed by atoms with Gasteiger partial charge in [0.05, 0.1) is 10.2 Å². The summed E-state index contributed by atoms with van der Waals surface area (Å²) in [6, 6.07) is 10.7. The molecule has 0 bridgehead atoms. The molecule has 2 heterocycles. The molecule has 0 aliphatic heterocycles. The van der Waals surface area contributed by atoms with E-state index in [1.807, 2.05) is 0 Å². The largest absolute Gasteiger partial charge is 0.298 e. The van der Waals surface area contributed by atoms with Crippen molar-refractivity contribution in [3.05, 3.63) is 47.8 Å². The van der Waals surface area contributed by atoms with Gasteiger partial charge in [0, 0.05) is 18.4 Å². The molecule has 0 N–H and O–H groups in total. The highest BCUT2D eigenvalue weighted by atomic mass is 32.1. The van der Waals surface area contributed by atoms with Crippen LogP contribution < -0.4 is 0 Å². The van der Waals surface area contributed by atoms with E-state index in [1.54, 1.807) is 11.3 Å². The predicted molar refractivity (Wildman–Crippen MR) is 90.3 cm³/mol. The monoisotopic (exact) mass is 299 g/mol.